The van der Waals surface area contributed by atoms with Crippen LogP contribution in [-0.2, 0) is 4.79 Å². The fraction of sp³-hybridized carbons (Fsp3) is 0.100. The minimum Gasteiger partial charge on any atom is -0.495 e. The van der Waals surface area contributed by atoms with Crippen LogP contribution in [-0.4, -0.2) is 29.7 Å². The first-order chi connectivity index (χ1) is 14.8. The number of thiocarbonyl (C=S) groups is 1. The van der Waals surface area contributed by atoms with Gasteiger partial charge in [-0.3, -0.25) is 20.2 Å². The van der Waals surface area contributed by atoms with Crippen LogP contribution >= 0.6 is 44.1 Å². The predicted molar refractivity (Wildman–Crippen MR) is 129 cm³/mol. The number of nitro groups is 1. The van der Waals surface area contributed by atoms with Crippen molar-refractivity contribution in [3.05, 3.63) is 67.6 Å². The molecule has 0 aliphatic carbocycles. The van der Waals surface area contributed by atoms with Gasteiger partial charge in [-0.25, -0.2) is 0 Å². The lowest BCUT2D eigenvalue weighted by Crippen LogP contribution is -2.37. The average molecular weight is 569 g/mol. The summed E-state index contributed by atoms with van der Waals surface area (Å²) in [7, 11) is 1.42. The van der Waals surface area contributed by atoms with Gasteiger partial charge in [-0.2, -0.15) is 0 Å². The SMILES string of the molecule is COc1ccc([N+](=O)[O-])cc1NC(=S)NC(=O)COc1ccc2cc(Br)ccc2c1Br. The second-order valence-electron chi connectivity index (χ2n) is 6.18. The molecule has 0 saturated carbocycles. The number of ether oxygens (including phenoxy) is 2. The summed E-state index contributed by atoms with van der Waals surface area (Å²) < 4.78 is 12.5. The van der Waals surface area contributed by atoms with E-state index in [-0.39, 0.29) is 23.1 Å². The van der Waals surface area contributed by atoms with Crippen molar-refractivity contribution in [2.45, 2.75) is 0 Å². The molecule has 0 spiro atoms. The van der Waals surface area contributed by atoms with Crippen molar-refractivity contribution in [3.8, 4) is 11.5 Å². The van der Waals surface area contributed by atoms with Gasteiger partial charge in [-0.15, -0.1) is 0 Å². The van der Waals surface area contributed by atoms with Gasteiger partial charge in [0.05, 0.1) is 22.2 Å². The number of benzene rings is 3. The van der Waals surface area contributed by atoms with Gasteiger partial charge in [0, 0.05) is 16.6 Å². The van der Waals surface area contributed by atoms with Crippen molar-refractivity contribution in [1.82, 2.24) is 5.32 Å². The Kier molecular flexibility index (Phi) is 7.42. The molecular weight excluding hydrogens is 554 g/mol. The first-order valence-electron chi connectivity index (χ1n) is 8.72. The maximum atomic E-state index is 12.2. The van der Waals surface area contributed by atoms with E-state index in [0.29, 0.717) is 11.5 Å². The Bertz CT molecular complexity index is 1190. The number of hydrogen-bond donors (Lipinski definition) is 2. The van der Waals surface area contributed by atoms with Gasteiger partial charge in [0.2, 0.25) is 0 Å². The average Bonchev–Trinajstić information content (AvgIpc) is 2.73. The molecule has 0 heterocycles. The second kappa shape index (κ2) is 10.0. The second-order valence-corrected chi connectivity index (χ2v) is 8.29. The third-order valence-corrected chi connectivity index (χ3v) is 5.65. The number of carbonyl (C=O) groups excluding carboxylic acids is 1. The van der Waals surface area contributed by atoms with Crippen LogP contribution < -0.4 is 20.1 Å². The Morgan fingerprint density at radius 1 is 1.13 bits per heavy atom. The highest BCUT2D eigenvalue weighted by atomic mass is 79.9. The van der Waals surface area contributed by atoms with Gasteiger partial charge < -0.3 is 14.8 Å². The van der Waals surface area contributed by atoms with Crippen molar-refractivity contribution in [1.29, 1.82) is 0 Å². The topological polar surface area (TPSA) is 103 Å². The number of nitro benzene ring substituents is 1. The Hall–Kier alpha value is -2.76. The molecule has 31 heavy (non-hydrogen) atoms. The first-order valence-corrected chi connectivity index (χ1v) is 10.7. The summed E-state index contributed by atoms with van der Waals surface area (Å²) in [5.41, 5.74) is 0.111. The molecule has 0 aromatic heterocycles. The molecule has 0 unspecified atom stereocenters. The molecule has 3 rings (SSSR count). The third-order valence-electron chi connectivity index (χ3n) is 4.13. The maximum absolute atomic E-state index is 12.2. The molecule has 0 radical (unpaired) electrons. The number of amides is 1. The molecule has 0 fully saturated rings. The molecule has 3 aromatic rings. The summed E-state index contributed by atoms with van der Waals surface area (Å²) in [6.45, 7) is -0.283. The lowest BCUT2D eigenvalue weighted by Gasteiger charge is -2.13. The van der Waals surface area contributed by atoms with E-state index in [1.807, 2.05) is 24.3 Å². The van der Waals surface area contributed by atoms with E-state index in [0.717, 1.165) is 19.7 Å². The van der Waals surface area contributed by atoms with E-state index in [9.17, 15) is 14.9 Å². The summed E-state index contributed by atoms with van der Waals surface area (Å²) >= 11 is 12.1. The summed E-state index contributed by atoms with van der Waals surface area (Å²) in [6, 6.07) is 13.5. The monoisotopic (exact) mass is 567 g/mol. The zero-order chi connectivity index (χ0) is 22.5. The smallest absolute Gasteiger partial charge is 0.271 e. The van der Waals surface area contributed by atoms with E-state index in [1.165, 1.54) is 25.3 Å². The van der Waals surface area contributed by atoms with Gasteiger partial charge in [-0.1, -0.05) is 28.1 Å². The van der Waals surface area contributed by atoms with Crippen molar-refractivity contribution in [2.24, 2.45) is 0 Å². The van der Waals surface area contributed by atoms with E-state index in [1.54, 1.807) is 6.07 Å². The number of rotatable bonds is 6. The Balaban J connectivity index is 1.63. The molecule has 8 nitrogen and oxygen atoms in total. The molecular formula is C20H15Br2N3O5S. The van der Waals surface area contributed by atoms with Gasteiger partial charge in [0.15, 0.2) is 11.7 Å². The van der Waals surface area contributed by atoms with Crippen molar-refractivity contribution in [2.75, 3.05) is 19.0 Å². The molecule has 0 bridgehead atoms. The molecule has 2 N–H and O–H groups in total. The number of carbonyl (C=O) groups is 1. The standard InChI is InChI=1S/C20H15Br2N3O5S/c1-29-16-7-4-13(25(27)28)9-15(16)23-20(31)24-18(26)10-30-17-6-2-11-8-12(21)3-5-14(11)19(17)22/h2-9H,10H2,1H3,(H2,23,24,26,31). The van der Waals surface area contributed by atoms with Gasteiger partial charge >= 0.3 is 0 Å². The summed E-state index contributed by atoms with van der Waals surface area (Å²) in [4.78, 5) is 22.7. The largest absolute Gasteiger partial charge is 0.495 e. The van der Waals surface area contributed by atoms with E-state index < -0.39 is 10.8 Å². The Labute approximate surface area is 199 Å². The van der Waals surface area contributed by atoms with Crippen LogP contribution in [0.5, 0.6) is 11.5 Å². The number of halogens is 2. The van der Waals surface area contributed by atoms with Crippen LogP contribution in [0.4, 0.5) is 11.4 Å². The molecule has 11 heteroatoms. The van der Waals surface area contributed by atoms with E-state index in [4.69, 9.17) is 21.7 Å². The minimum absolute atomic E-state index is 0.0465. The van der Waals surface area contributed by atoms with E-state index >= 15 is 0 Å². The molecule has 160 valence electrons. The van der Waals surface area contributed by atoms with Crippen molar-refractivity contribution in [3.63, 3.8) is 0 Å². The predicted octanol–water partition coefficient (Wildman–Crippen LogP) is 5.17. The molecule has 1 amide bonds. The summed E-state index contributed by atoms with van der Waals surface area (Å²) in [5.74, 6) is 0.346. The molecule has 3 aromatic carbocycles. The fourth-order valence-corrected chi connectivity index (χ4v) is 3.93. The van der Waals surface area contributed by atoms with E-state index in [2.05, 4.69) is 42.5 Å². The van der Waals surface area contributed by atoms with Crippen LogP contribution in [0.15, 0.2) is 57.5 Å². The summed E-state index contributed by atoms with van der Waals surface area (Å²) in [6.07, 6.45) is 0. The minimum atomic E-state index is -0.541. The third kappa shape index (κ3) is 5.69. The highest BCUT2D eigenvalue weighted by Crippen LogP contribution is 2.34. The highest BCUT2D eigenvalue weighted by Gasteiger charge is 2.14. The highest BCUT2D eigenvalue weighted by molar-refractivity contribution is 9.11. The van der Waals surface area contributed by atoms with Crippen LogP contribution in [0.1, 0.15) is 0 Å². The lowest BCUT2D eigenvalue weighted by atomic mass is 10.1. The molecule has 0 saturated heterocycles. The van der Waals surface area contributed by atoms with Crippen LogP contribution in [0.3, 0.4) is 0 Å². The number of fused-ring (bicyclic) bond motifs is 1. The Morgan fingerprint density at radius 2 is 1.87 bits per heavy atom. The number of anilines is 1. The first kappa shape index (κ1) is 22.9. The Morgan fingerprint density at radius 3 is 2.58 bits per heavy atom. The van der Waals surface area contributed by atoms with Crippen LogP contribution in [0, 0.1) is 10.1 Å². The molecule has 0 aliphatic heterocycles. The van der Waals surface area contributed by atoms with Gasteiger partial charge in [0.25, 0.3) is 11.6 Å². The number of nitrogens with zero attached hydrogens (tertiary/aromatic N) is 1. The lowest BCUT2D eigenvalue weighted by molar-refractivity contribution is -0.384. The number of methoxy groups -OCH3 is 1. The normalized spacial score (nSPS) is 10.4. The summed E-state index contributed by atoms with van der Waals surface area (Å²) in [5, 5.41) is 18.1. The zero-order valence-corrected chi connectivity index (χ0v) is 20.0. The number of hydrogen-bond acceptors (Lipinski definition) is 6. The fourth-order valence-electron chi connectivity index (χ4n) is 2.72. The van der Waals surface area contributed by atoms with Gasteiger partial charge in [-0.05, 0) is 63.2 Å². The number of nitrogens with one attached hydrogen (secondary N) is 2. The van der Waals surface area contributed by atoms with Crippen LogP contribution in [0.2, 0.25) is 0 Å². The zero-order valence-electron chi connectivity index (χ0n) is 16.0. The van der Waals surface area contributed by atoms with Crippen molar-refractivity contribution >= 4 is 77.2 Å². The van der Waals surface area contributed by atoms with Crippen LogP contribution in [0.25, 0.3) is 10.8 Å². The molecule has 0 atom stereocenters. The maximum Gasteiger partial charge on any atom is 0.271 e. The van der Waals surface area contributed by atoms with Gasteiger partial charge in [0.1, 0.15) is 11.5 Å². The quantitative estimate of drug-likeness (QED) is 0.240. The van der Waals surface area contributed by atoms with Crippen molar-refractivity contribution < 1.29 is 19.2 Å². The number of non-ortho nitro benzene ring substituents is 1. The molecule has 0 aliphatic rings.